The van der Waals surface area contributed by atoms with Crippen LogP contribution in [0.25, 0.3) is 0 Å². The Kier molecular flexibility index (Phi) is 6.03. The predicted molar refractivity (Wildman–Crippen MR) is 101 cm³/mol. The maximum Gasteiger partial charge on any atom is 0.191 e. The number of halogens is 1. The number of aryl methyl sites for hydroxylation is 3. The van der Waals surface area contributed by atoms with E-state index in [4.69, 9.17) is 0 Å². The highest BCUT2D eigenvalue weighted by atomic mass is 127. The van der Waals surface area contributed by atoms with Crippen LogP contribution < -0.4 is 10.6 Å². The maximum atomic E-state index is 4.55. The summed E-state index contributed by atoms with van der Waals surface area (Å²) in [5, 5.41) is 11.3. The van der Waals surface area contributed by atoms with Crippen LogP contribution in [0.3, 0.4) is 0 Å². The SMILES string of the molecule is CN=C(NCc1cccn1C)NC1CCCn2nc(C)nc21.I. The number of nitrogens with one attached hydrogen (secondary N) is 2. The highest BCUT2D eigenvalue weighted by molar-refractivity contribution is 14.0. The van der Waals surface area contributed by atoms with Gasteiger partial charge in [0.2, 0.25) is 0 Å². The summed E-state index contributed by atoms with van der Waals surface area (Å²) in [7, 11) is 3.83. The number of aromatic nitrogens is 4. The molecule has 126 valence electrons. The van der Waals surface area contributed by atoms with Gasteiger partial charge >= 0.3 is 0 Å². The normalized spacial score (nSPS) is 17.3. The quantitative estimate of drug-likeness (QED) is 0.443. The van der Waals surface area contributed by atoms with Gasteiger partial charge in [0.05, 0.1) is 12.6 Å². The fourth-order valence-corrected chi connectivity index (χ4v) is 2.82. The third-order valence-electron chi connectivity index (χ3n) is 4.00. The van der Waals surface area contributed by atoms with Crippen molar-refractivity contribution in [1.29, 1.82) is 0 Å². The standard InChI is InChI=1S/C15H23N7.HI/c1-11-18-14-13(7-5-9-22(14)20-11)19-15(16-2)17-10-12-6-4-8-21(12)3;/h4,6,8,13H,5,7,9-10H2,1-3H3,(H2,16,17,19);1H. The number of aliphatic imine (C=N–C) groups is 1. The molecule has 0 bridgehead atoms. The van der Waals surface area contributed by atoms with Gasteiger partial charge in [-0.05, 0) is 31.9 Å². The first-order valence-electron chi connectivity index (χ1n) is 7.66. The smallest absolute Gasteiger partial charge is 0.191 e. The zero-order valence-electron chi connectivity index (χ0n) is 13.8. The van der Waals surface area contributed by atoms with Crippen molar-refractivity contribution in [2.24, 2.45) is 12.0 Å². The molecule has 1 atom stereocenters. The van der Waals surface area contributed by atoms with Gasteiger partial charge in [-0.15, -0.1) is 24.0 Å². The van der Waals surface area contributed by atoms with Crippen molar-refractivity contribution < 1.29 is 0 Å². The third-order valence-corrected chi connectivity index (χ3v) is 4.00. The monoisotopic (exact) mass is 429 g/mol. The fraction of sp³-hybridized carbons (Fsp3) is 0.533. The molecule has 0 aromatic carbocycles. The number of nitrogens with zero attached hydrogens (tertiary/aromatic N) is 5. The molecule has 0 radical (unpaired) electrons. The summed E-state index contributed by atoms with van der Waals surface area (Å²) in [6.07, 6.45) is 4.19. The van der Waals surface area contributed by atoms with Crippen LogP contribution in [0.4, 0.5) is 0 Å². The predicted octanol–water partition coefficient (Wildman–Crippen LogP) is 1.74. The van der Waals surface area contributed by atoms with Crippen molar-refractivity contribution in [1.82, 2.24) is 30.0 Å². The van der Waals surface area contributed by atoms with E-state index >= 15 is 0 Å². The van der Waals surface area contributed by atoms with Crippen LogP contribution in [0.15, 0.2) is 23.3 Å². The number of guanidine groups is 1. The highest BCUT2D eigenvalue weighted by Gasteiger charge is 2.24. The van der Waals surface area contributed by atoms with E-state index in [2.05, 4.69) is 36.3 Å². The Morgan fingerprint density at radius 3 is 3.00 bits per heavy atom. The van der Waals surface area contributed by atoms with Crippen molar-refractivity contribution in [3.8, 4) is 0 Å². The van der Waals surface area contributed by atoms with Crippen LogP contribution in [0.5, 0.6) is 0 Å². The van der Waals surface area contributed by atoms with Gasteiger partial charge in [0.15, 0.2) is 5.96 Å². The van der Waals surface area contributed by atoms with E-state index < -0.39 is 0 Å². The van der Waals surface area contributed by atoms with E-state index in [-0.39, 0.29) is 30.0 Å². The summed E-state index contributed by atoms with van der Waals surface area (Å²) in [5.41, 5.74) is 1.21. The second-order valence-corrected chi connectivity index (χ2v) is 5.62. The molecule has 0 amide bonds. The largest absolute Gasteiger partial charge is 0.353 e. The Morgan fingerprint density at radius 1 is 1.48 bits per heavy atom. The van der Waals surface area contributed by atoms with E-state index in [0.29, 0.717) is 0 Å². The molecule has 0 saturated carbocycles. The van der Waals surface area contributed by atoms with Crippen LogP contribution in [0.2, 0.25) is 0 Å². The lowest BCUT2D eigenvalue weighted by molar-refractivity contribution is 0.397. The average molecular weight is 429 g/mol. The number of fused-ring (bicyclic) bond motifs is 1. The highest BCUT2D eigenvalue weighted by Crippen LogP contribution is 2.22. The molecule has 3 rings (SSSR count). The number of rotatable bonds is 3. The first-order chi connectivity index (χ1) is 10.7. The first kappa shape index (κ1) is 17.8. The Bertz CT molecular complexity index is 673. The molecule has 0 spiro atoms. The zero-order chi connectivity index (χ0) is 15.5. The van der Waals surface area contributed by atoms with Crippen LogP contribution >= 0.6 is 24.0 Å². The molecule has 8 heteroatoms. The van der Waals surface area contributed by atoms with E-state index in [1.54, 1.807) is 7.05 Å². The molecule has 0 saturated heterocycles. The number of hydrogen-bond acceptors (Lipinski definition) is 3. The summed E-state index contributed by atoms with van der Waals surface area (Å²) in [6, 6.07) is 4.30. The van der Waals surface area contributed by atoms with Crippen molar-refractivity contribution in [2.75, 3.05) is 7.05 Å². The van der Waals surface area contributed by atoms with Crippen molar-refractivity contribution in [2.45, 2.75) is 38.9 Å². The second kappa shape index (κ2) is 7.80. The second-order valence-electron chi connectivity index (χ2n) is 5.62. The molecule has 0 aliphatic carbocycles. The van der Waals surface area contributed by atoms with E-state index in [9.17, 15) is 0 Å². The van der Waals surface area contributed by atoms with Gasteiger partial charge in [-0.2, -0.15) is 5.10 Å². The summed E-state index contributed by atoms with van der Waals surface area (Å²) >= 11 is 0. The molecule has 1 unspecified atom stereocenters. The molecule has 1 aliphatic rings. The molecule has 23 heavy (non-hydrogen) atoms. The summed E-state index contributed by atoms with van der Waals surface area (Å²) in [4.78, 5) is 8.87. The van der Waals surface area contributed by atoms with Crippen LogP contribution in [0.1, 0.15) is 36.2 Å². The summed E-state index contributed by atoms with van der Waals surface area (Å²) in [6.45, 7) is 3.62. The first-order valence-corrected chi connectivity index (χ1v) is 7.66. The zero-order valence-corrected chi connectivity index (χ0v) is 16.1. The van der Waals surface area contributed by atoms with Crippen molar-refractivity contribution >= 4 is 29.9 Å². The van der Waals surface area contributed by atoms with Gasteiger partial charge in [0, 0.05) is 32.5 Å². The van der Waals surface area contributed by atoms with Gasteiger partial charge in [-0.25, -0.2) is 9.67 Å². The molecular weight excluding hydrogens is 405 g/mol. The number of hydrogen-bond donors (Lipinski definition) is 2. The minimum absolute atomic E-state index is 0. The molecule has 2 aromatic rings. The average Bonchev–Trinajstić information content (AvgIpc) is 3.08. The van der Waals surface area contributed by atoms with E-state index in [1.807, 2.05) is 30.9 Å². The summed E-state index contributed by atoms with van der Waals surface area (Å²) < 4.78 is 4.10. The minimum atomic E-state index is 0. The van der Waals surface area contributed by atoms with Gasteiger partial charge < -0.3 is 15.2 Å². The summed E-state index contributed by atoms with van der Waals surface area (Å²) in [5.74, 6) is 2.63. The third kappa shape index (κ3) is 4.04. The van der Waals surface area contributed by atoms with Crippen LogP contribution in [0, 0.1) is 6.92 Å². The van der Waals surface area contributed by atoms with Crippen molar-refractivity contribution in [3.05, 3.63) is 35.7 Å². The lowest BCUT2D eigenvalue weighted by Gasteiger charge is -2.25. The minimum Gasteiger partial charge on any atom is -0.353 e. The molecule has 1 aliphatic heterocycles. The molecule has 7 nitrogen and oxygen atoms in total. The van der Waals surface area contributed by atoms with Crippen LogP contribution in [-0.2, 0) is 20.1 Å². The Labute approximate surface area is 153 Å². The molecule has 2 N–H and O–H groups in total. The molecular formula is C15H24IN7. The Morgan fingerprint density at radius 2 is 2.30 bits per heavy atom. The molecule has 0 fully saturated rings. The van der Waals surface area contributed by atoms with Gasteiger partial charge in [-0.1, -0.05) is 0 Å². The Balaban J connectivity index is 0.00000192. The van der Waals surface area contributed by atoms with Gasteiger partial charge in [-0.3, -0.25) is 4.99 Å². The van der Waals surface area contributed by atoms with Gasteiger partial charge in [0.25, 0.3) is 0 Å². The topological polar surface area (TPSA) is 72.1 Å². The van der Waals surface area contributed by atoms with Crippen LogP contribution in [-0.4, -0.2) is 32.3 Å². The van der Waals surface area contributed by atoms with E-state index in [0.717, 1.165) is 43.5 Å². The molecule has 3 heterocycles. The van der Waals surface area contributed by atoms with Gasteiger partial charge in [0.1, 0.15) is 11.6 Å². The lowest BCUT2D eigenvalue weighted by atomic mass is 10.1. The Hall–Kier alpha value is -1.58. The molecule has 2 aromatic heterocycles. The lowest BCUT2D eigenvalue weighted by Crippen LogP contribution is -2.41. The van der Waals surface area contributed by atoms with E-state index in [1.165, 1.54) is 5.69 Å². The maximum absolute atomic E-state index is 4.55. The fourth-order valence-electron chi connectivity index (χ4n) is 2.82. The van der Waals surface area contributed by atoms with Crippen molar-refractivity contribution in [3.63, 3.8) is 0 Å².